The molecule has 0 radical (unpaired) electrons. The van der Waals surface area contributed by atoms with E-state index in [4.69, 9.17) is 9.47 Å². The van der Waals surface area contributed by atoms with E-state index >= 15 is 0 Å². The Hall–Kier alpha value is -1.32. The van der Waals surface area contributed by atoms with E-state index in [-0.39, 0.29) is 5.92 Å². The number of hydrogen-bond donors (Lipinski definition) is 0. The van der Waals surface area contributed by atoms with Crippen molar-refractivity contribution in [3.05, 3.63) is 11.4 Å². The van der Waals surface area contributed by atoms with Gasteiger partial charge in [-0.1, -0.05) is 13.8 Å². The first kappa shape index (κ1) is 10.8. The van der Waals surface area contributed by atoms with Gasteiger partial charge in [0.05, 0.1) is 19.8 Å². The molecule has 0 spiro atoms. The van der Waals surface area contributed by atoms with E-state index in [0.717, 1.165) is 5.56 Å². The van der Waals surface area contributed by atoms with Crippen LogP contribution >= 0.6 is 0 Å². The first-order chi connectivity index (χ1) is 6.60. The summed E-state index contributed by atoms with van der Waals surface area (Å²) in [6.07, 6.45) is 0. The number of methoxy groups -OCH3 is 2. The van der Waals surface area contributed by atoms with E-state index in [1.165, 1.54) is 0 Å². The predicted octanol–water partition coefficient (Wildman–Crippen LogP) is 1.93. The molecule has 1 heterocycles. The van der Waals surface area contributed by atoms with Gasteiger partial charge in [0.1, 0.15) is 5.82 Å². The number of hydrogen-bond acceptors (Lipinski definition) is 4. The monoisotopic (exact) mass is 196 g/mol. The average Bonchev–Trinajstić information content (AvgIpc) is 2.15. The van der Waals surface area contributed by atoms with Crippen LogP contribution in [-0.4, -0.2) is 24.2 Å². The molecule has 0 aliphatic rings. The minimum atomic E-state index is 0.278. The van der Waals surface area contributed by atoms with Gasteiger partial charge >= 0.3 is 0 Å². The Morgan fingerprint density at radius 1 is 1.00 bits per heavy atom. The van der Waals surface area contributed by atoms with Crippen LogP contribution in [0.3, 0.4) is 0 Å². The standard InChI is InChI=1S/C10H16N2O2/c1-6(2)8-9(13-4)11-7(3)12-10(8)14-5/h6H,1-5H3. The van der Waals surface area contributed by atoms with E-state index < -0.39 is 0 Å². The number of nitrogens with zero attached hydrogens (tertiary/aromatic N) is 2. The van der Waals surface area contributed by atoms with Crippen LogP contribution in [0.2, 0.25) is 0 Å². The van der Waals surface area contributed by atoms with Crippen LogP contribution in [0.4, 0.5) is 0 Å². The highest BCUT2D eigenvalue weighted by atomic mass is 16.5. The fourth-order valence-electron chi connectivity index (χ4n) is 1.34. The summed E-state index contributed by atoms with van der Waals surface area (Å²) in [5.41, 5.74) is 0.917. The first-order valence-corrected chi connectivity index (χ1v) is 4.56. The van der Waals surface area contributed by atoms with Gasteiger partial charge < -0.3 is 9.47 Å². The number of rotatable bonds is 3. The molecular formula is C10H16N2O2. The smallest absolute Gasteiger partial charge is 0.223 e. The predicted molar refractivity (Wildman–Crippen MR) is 54.0 cm³/mol. The van der Waals surface area contributed by atoms with Crippen molar-refractivity contribution < 1.29 is 9.47 Å². The van der Waals surface area contributed by atoms with Gasteiger partial charge in [-0.2, -0.15) is 9.97 Å². The normalized spacial score (nSPS) is 10.4. The molecule has 0 bridgehead atoms. The van der Waals surface area contributed by atoms with Gasteiger partial charge in [-0.05, 0) is 12.8 Å². The maximum atomic E-state index is 5.20. The highest BCUT2D eigenvalue weighted by molar-refractivity contribution is 5.38. The Balaban J connectivity index is 3.33. The van der Waals surface area contributed by atoms with Gasteiger partial charge in [-0.25, -0.2) is 0 Å². The van der Waals surface area contributed by atoms with Crippen molar-refractivity contribution >= 4 is 0 Å². The molecule has 0 aliphatic carbocycles. The third-order valence-electron chi connectivity index (χ3n) is 1.95. The van der Waals surface area contributed by atoms with Crippen LogP contribution in [0.5, 0.6) is 11.8 Å². The fourth-order valence-corrected chi connectivity index (χ4v) is 1.34. The van der Waals surface area contributed by atoms with Gasteiger partial charge in [0, 0.05) is 0 Å². The Morgan fingerprint density at radius 3 is 1.71 bits per heavy atom. The van der Waals surface area contributed by atoms with E-state index in [0.29, 0.717) is 17.6 Å². The van der Waals surface area contributed by atoms with Crippen molar-refractivity contribution in [2.24, 2.45) is 0 Å². The van der Waals surface area contributed by atoms with Gasteiger partial charge in [0.25, 0.3) is 0 Å². The largest absolute Gasteiger partial charge is 0.481 e. The van der Waals surface area contributed by atoms with Gasteiger partial charge in [-0.15, -0.1) is 0 Å². The molecule has 0 saturated heterocycles. The summed E-state index contributed by atoms with van der Waals surface area (Å²) in [7, 11) is 3.21. The summed E-state index contributed by atoms with van der Waals surface area (Å²) in [4.78, 5) is 8.42. The Bertz CT molecular complexity index is 299. The summed E-state index contributed by atoms with van der Waals surface area (Å²) >= 11 is 0. The van der Waals surface area contributed by atoms with E-state index in [9.17, 15) is 0 Å². The highest BCUT2D eigenvalue weighted by Crippen LogP contribution is 2.31. The molecule has 4 heteroatoms. The summed E-state index contributed by atoms with van der Waals surface area (Å²) in [5.74, 6) is 2.14. The zero-order valence-corrected chi connectivity index (χ0v) is 9.29. The van der Waals surface area contributed by atoms with E-state index in [2.05, 4.69) is 23.8 Å². The molecule has 1 aromatic rings. The molecule has 0 amide bonds. The van der Waals surface area contributed by atoms with E-state index in [1.54, 1.807) is 14.2 Å². The van der Waals surface area contributed by atoms with Gasteiger partial charge in [0.15, 0.2) is 0 Å². The van der Waals surface area contributed by atoms with Crippen molar-refractivity contribution in [1.82, 2.24) is 9.97 Å². The quantitative estimate of drug-likeness (QED) is 0.741. The molecule has 0 fully saturated rings. The van der Waals surface area contributed by atoms with Crippen LogP contribution in [0.1, 0.15) is 31.2 Å². The Kier molecular flexibility index (Phi) is 3.28. The molecule has 14 heavy (non-hydrogen) atoms. The van der Waals surface area contributed by atoms with Crippen molar-refractivity contribution in [3.63, 3.8) is 0 Å². The molecule has 0 saturated carbocycles. The van der Waals surface area contributed by atoms with Crippen molar-refractivity contribution in [3.8, 4) is 11.8 Å². The lowest BCUT2D eigenvalue weighted by Crippen LogP contribution is -2.05. The molecule has 0 aliphatic heterocycles. The third kappa shape index (κ3) is 1.95. The second kappa shape index (κ2) is 4.26. The summed E-state index contributed by atoms with van der Waals surface area (Å²) in [6.45, 7) is 5.92. The maximum Gasteiger partial charge on any atom is 0.223 e. The topological polar surface area (TPSA) is 44.2 Å². The SMILES string of the molecule is COc1nc(C)nc(OC)c1C(C)C. The van der Waals surface area contributed by atoms with Crippen LogP contribution in [0, 0.1) is 6.92 Å². The molecule has 4 nitrogen and oxygen atoms in total. The highest BCUT2D eigenvalue weighted by Gasteiger charge is 2.17. The second-order valence-corrected chi connectivity index (χ2v) is 3.36. The zero-order chi connectivity index (χ0) is 10.7. The first-order valence-electron chi connectivity index (χ1n) is 4.56. The Labute approximate surface area is 84.3 Å². The van der Waals surface area contributed by atoms with Gasteiger partial charge in [0.2, 0.25) is 11.8 Å². The second-order valence-electron chi connectivity index (χ2n) is 3.36. The molecule has 78 valence electrons. The maximum absolute atomic E-state index is 5.20. The van der Waals surface area contributed by atoms with Crippen LogP contribution < -0.4 is 9.47 Å². The number of ether oxygens (including phenoxy) is 2. The fraction of sp³-hybridized carbons (Fsp3) is 0.600. The molecule has 0 N–H and O–H groups in total. The zero-order valence-electron chi connectivity index (χ0n) is 9.29. The molecule has 0 atom stereocenters. The minimum absolute atomic E-state index is 0.278. The number of aromatic nitrogens is 2. The number of aryl methyl sites for hydroxylation is 1. The van der Waals surface area contributed by atoms with Gasteiger partial charge in [-0.3, -0.25) is 0 Å². The Morgan fingerprint density at radius 2 is 1.43 bits per heavy atom. The molecule has 1 aromatic heterocycles. The van der Waals surface area contributed by atoms with Crippen LogP contribution in [0.15, 0.2) is 0 Å². The lowest BCUT2D eigenvalue weighted by Gasteiger charge is -2.14. The van der Waals surface area contributed by atoms with Crippen molar-refractivity contribution in [1.29, 1.82) is 0 Å². The van der Waals surface area contributed by atoms with Crippen LogP contribution in [-0.2, 0) is 0 Å². The minimum Gasteiger partial charge on any atom is -0.481 e. The molecular weight excluding hydrogens is 180 g/mol. The lowest BCUT2D eigenvalue weighted by molar-refractivity contribution is 0.356. The molecule has 0 aromatic carbocycles. The van der Waals surface area contributed by atoms with Crippen molar-refractivity contribution in [2.45, 2.75) is 26.7 Å². The lowest BCUT2D eigenvalue weighted by atomic mass is 10.1. The summed E-state index contributed by atoms with van der Waals surface area (Å²) in [5, 5.41) is 0. The van der Waals surface area contributed by atoms with Crippen LogP contribution in [0.25, 0.3) is 0 Å². The summed E-state index contributed by atoms with van der Waals surface area (Å²) < 4.78 is 10.4. The molecule has 0 unspecified atom stereocenters. The third-order valence-corrected chi connectivity index (χ3v) is 1.95. The van der Waals surface area contributed by atoms with E-state index in [1.807, 2.05) is 6.92 Å². The summed E-state index contributed by atoms with van der Waals surface area (Å²) in [6, 6.07) is 0. The molecule has 1 rings (SSSR count). The average molecular weight is 196 g/mol. The van der Waals surface area contributed by atoms with Crippen molar-refractivity contribution in [2.75, 3.05) is 14.2 Å².